The summed E-state index contributed by atoms with van der Waals surface area (Å²) in [6, 6.07) is 18.5. The van der Waals surface area contributed by atoms with Crippen LogP contribution in [0, 0.1) is 0 Å². The van der Waals surface area contributed by atoms with E-state index in [0.717, 1.165) is 11.4 Å². The molecule has 0 amide bonds. The summed E-state index contributed by atoms with van der Waals surface area (Å²) in [5.74, 6) is -1.41. The van der Waals surface area contributed by atoms with Crippen molar-refractivity contribution >= 4 is 5.97 Å². The number of hydrogen-bond acceptors (Lipinski definition) is 3. The summed E-state index contributed by atoms with van der Waals surface area (Å²) >= 11 is 0. The first-order valence-corrected chi connectivity index (χ1v) is 5.99. The number of carboxylic acid groups (broad SMARTS) is 1. The van der Waals surface area contributed by atoms with Crippen LogP contribution < -0.4 is 4.80 Å². The molecule has 3 rings (SSSR count). The molecule has 6 heteroatoms. The van der Waals surface area contributed by atoms with Crippen molar-refractivity contribution in [3.63, 3.8) is 0 Å². The minimum Gasteiger partial charge on any atom is -0.473 e. The van der Waals surface area contributed by atoms with Crippen LogP contribution in [0.15, 0.2) is 60.7 Å². The van der Waals surface area contributed by atoms with E-state index in [-0.39, 0.29) is 13.3 Å². The van der Waals surface area contributed by atoms with E-state index in [1.165, 1.54) is 9.59 Å². The third-order valence-electron chi connectivity index (χ3n) is 2.72. The summed E-state index contributed by atoms with van der Waals surface area (Å²) in [7, 11) is 0. The molecule has 3 aromatic rings. The largest absolute Gasteiger partial charge is 0.473 e. The Balaban J connectivity index is 0.00000161. The smallest absolute Gasteiger partial charge is 0.416 e. The molecule has 106 valence electrons. The number of nitrogens with zero attached hydrogens (tertiary/aromatic N) is 4. The van der Waals surface area contributed by atoms with Gasteiger partial charge in [0.1, 0.15) is 5.69 Å². The lowest BCUT2D eigenvalue weighted by atomic mass is 10.3. The second kappa shape index (κ2) is 5.96. The number of tetrazole rings is 1. The normalized spacial score (nSPS) is 9.90. The quantitative estimate of drug-likeness (QED) is 0.745. The third-order valence-corrected chi connectivity index (χ3v) is 2.72. The fourth-order valence-corrected chi connectivity index (χ4v) is 1.83. The van der Waals surface area contributed by atoms with Gasteiger partial charge in [0.05, 0.1) is 5.10 Å². The van der Waals surface area contributed by atoms with Crippen LogP contribution in [-0.2, 0) is 0 Å². The summed E-state index contributed by atoms with van der Waals surface area (Å²) in [6.07, 6.45) is 0. The van der Waals surface area contributed by atoms with Crippen LogP contribution in [0.1, 0.15) is 18.0 Å². The summed E-state index contributed by atoms with van der Waals surface area (Å²) in [6.45, 7) is 0. The topological polar surface area (TPSA) is 71.9 Å². The molecule has 0 radical (unpaired) electrons. The fraction of sp³-hybridized carbons (Fsp3) is 0.0667. The Morgan fingerprint density at radius 1 is 1.00 bits per heavy atom. The van der Waals surface area contributed by atoms with Crippen molar-refractivity contribution in [1.29, 1.82) is 0 Å². The average Bonchev–Trinajstić information content (AvgIpc) is 2.94. The Labute approximate surface area is 121 Å². The molecule has 0 saturated heterocycles. The van der Waals surface area contributed by atoms with Crippen molar-refractivity contribution < 1.29 is 14.7 Å². The maximum Gasteiger partial charge on any atom is 0.416 e. The molecule has 2 aromatic carbocycles. The number of benzene rings is 2. The Morgan fingerprint density at radius 2 is 1.57 bits per heavy atom. The van der Waals surface area contributed by atoms with E-state index in [2.05, 4.69) is 10.2 Å². The van der Waals surface area contributed by atoms with Crippen LogP contribution >= 0.6 is 0 Å². The molecule has 0 bridgehead atoms. The zero-order valence-corrected chi connectivity index (χ0v) is 10.4. The summed E-state index contributed by atoms with van der Waals surface area (Å²) < 4.78 is 0. The first kappa shape index (κ1) is 14.4. The minimum atomic E-state index is -1.16. The van der Waals surface area contributed by atoms with Gasteiger partial charge in [-0.3, -0.25) is 0 Å². The Morgan fingerprint density at radius 3 is 2.14 bits per heavy atom. The highest BCUT2D eigenvalue weighted by atomic mass is 16.4. The molecule has 0 aliphatic heterocycles. The van der Waals surface area contributed by atoms with E-state index in [1.807, 2.05) is 60.7 Å². The second-order valence-corrected chi connectivity index (χ2v) is 4.08. The summed E-state index contributed by atoms with van der Waals surface area (Å²) in [5.41, 5.74) is 1.47. The van der Waals surface area contributed by atoms with Gasteiger partial charge in [0.25, 0.3) is 0 Å². The first-order chi connectivity index (χ1) is 9.75. The monoisotopic (exact) mass is 283 g/mol. The Kier molecular flexibility index (Phi) is 4.08. The molecule has 21 heavy (non-hydrogen) atoms. The van der Waals surface area contributed by atoms with Crippen molar-refractivity contribution in [3.05, 3.63) is 66.5 Å². The molecule has 0 fully saturated rings. The second-order valence-electron chi connectivity index (χ2n) is 4.08. The number of para-hydroxylation sites is 2. The van der Waals surface area contributed by atoms with Gasteiger partial charge in [-0.2, -0.15) is 0 Å². The Bertz CT molecular complexity index is 682. The van der Waals surface area contributed by atoms with Gasteiger partial charge in [0.2, 0.25) is 0 Å². The molecular weight excluding hydrogens is 268 g/mol. The molecule has 0 aliphatic rings. The van der Waals surface area contributed by atoms with Crippen molar-refractivity contribution in [2.45, 2.75) is 7.43 Å². The van der Waals surface area contributed by atoms with Gasteiger partial charge >= 0.3 is 11.8 Å². The molecule has 1 N–H and O–H groups in total. The molecule has 6 nitrogen and oxygen atoms in total. The number of carboxylic acids is 1. The number of hydrogen-bond donors (Lipinski definition) is 1. The molecule has 0 atom stereocenters. The Hall–Kier alpha value is -3.02. The van der Waals surface area contributed by atoms with Crippen molar-refractivity contribution in [1.82, 2.24) is 15.0 Å². The van der Waals surface area contributed by atoms with Crippen molar-refractivity contribution in [3.8, 4) is 11.4 Å². The highest BCUT2D eigenvalue weighted by Crippen LogP contribution is 2.05. The van der Waals surface area contributed by atoms with Crippen LogP contribution in [0.25, 0.3) is 11.4 Å². The van der Waals surface area contributed by atoms with E-state index in [1.54, 1.807) is 0 Å². The number of aromatic carboxylic acids is 1. The molecule has 0 saturated carbocycles. The summed E-state index contributed by atoms with van der Waals surface area (Å²) in [4.78, 5) is 14.0. The van der Waals surface area contributed by atoms with Gasteiger partial charge in [0, 0.05) is 9.90 Å². The lowest BCUT2D eigenvalue weighted by Gasteiger charge is -1.98. The highest BCUT2D eigenvalue weighted by Gasteiger charge is 2.26. The third kappa shape index (κ3) is 2.79. The SMILES string of the molecule is C.O=C(O)c1nn(-c2ccccc2)[n+](-c2ccccc2)n1. The van der Waals surface area contributed by atoms with E-state index in [9.17, 15) is 4.79 Å². The van der Waals surface area contributed by atoms with Gasteiger partial charge in [0.15, 0.2) is 5.69 Å². The standard InChI is InChI=1S/C14H10N4O2.CH4/c19-14(20)13-15-17(11-7-3-1-4-8-11)18(16-13)12-9-5-2-6-10-12;/h1-10H;1H4/p+1. The van der Waals surface area contributed by atoms with Gasteiger partial charge in [-0.05, 0) is 29.1 Å². The highest BCUT2D eigenvalue weighted by molar-refractivity contribution is 5.82. The summed E-state index contributed by atoms with van der Waals surface area (Å²) in [5, 5.41) is 17.1. The molecule has 0 spiro atoms. The van der Waals surface area contributed by atoms with Crippen LogP contribution in [0.2, 0.25) is 0 Å². The minimum absolute atomic E-state index is 0. The van der Waals surface area contributed by atoms with Crippen LogP contribution in [0.4, 0.5) is 0 Å². The first-order valence-electron chi connectivity index (χ1n) is 5.99. The van der Waals surface area contributed by atoms with E-state index >= 15 is 0 Å². The van der Waals surface area contributed by atoms with Gasteiger partial charge in [-0.1, -0.05) is 43.8 Å². The molecule has 1 heterocycles. The molecular formula is C15H15N4O2+. The zero-order chi connectivity index (χ0) is 13.9. The van der Waals surface area contributed by atoms with E-state index in [0.29, 0.717) is 0 Å². The molecule has 0 unspecified atom stereocenters. The molecule has 1 aromatic heterocycles. The fourth-order valence-electron chi connectivity index (χ4n) is 1.83. The molecule has 0 aliphatic carbocycles. The average molecular weight is 283 g/mol. The number of carbonyl (C=O) groups is 1. The number of rotatable bonds is 3. The van der Waals surface area contributed by atoms with Gasteiger partial charge in [-0.15, -0.1) is 0 Å². The van der Waals surface area contributed by atoms with Crippen LogP contribution in [0.3, 0.4) is 0 Å². The van der Waals surface area contributed by atoms with Gasteiger partial charge in [-0.25, -0.2) is 4.79 Å². The zero-order valence-electron chi connectivity index (χ0n) is 10.4. The van der Waals surface area contributed by atoms with Crippen LogP contribution in [0.5, 0.6) is 0 Å². The van der Waals surface area contributed by atoms with Gasteiger partial charge < -0.3 is 5.11 Å². The maximum absolute atomic E-state index is 11.1. The van der Waals surface area contributed by atoms with E-state index in [4.69, 9.17) is 5.11 Å². The predicted molar refractivity (Wildman–Crippen MR) is 76.6 cm³/mol. The van der Waals surface area contributed by atoms with Crippen molar-refractivity contribution in [2.24, 2.45) is 0 Å². The van der Waals surface area contributed by atoms with E-state index < -0.39 is 5.97 Å². The predicted octanol–water partition coefficient (Wildman–Crippen LogP) is 1.88. The lowest BCUT2D eigenvalue weighted by Crippen LogP contribution is -2.43. The lowest BCUT2D eigenvalue weighted by molar-refractivity contribution is -0.735. The van der Waals surface area contributed by atoms with Crippen molar-refractivity contribution in [2.75, 3.05) is 0 Å². The maximum atomic E-state index is 11.1. The van der Waals surface area contributed by atoms with Crippen LogP contribution in [-0.4, -0.2) is 26.1 Å². The number of aromatic nitrogens is 4.